The summed E-state index contributed by atoms with van der Waals surface area (Å²) in [5, 5.41) is 9.30. The molecule has 0 atom stereocenters. The number of sulfonamides is 1. The monoisotopic (exact) mass is 452 g/mol. The number of ether oxygens (including phenoxy) is 2. The van der Waals surface area contributed by atoms with Crippen molar-refractivity contribution in [3.63, 3.8) is 0 Å². The van der Waals surface area contributed by atoms with E-state index < -0.39 is 27.3 Å². The molecule has 0 unspecified atom stereocenters. The van der Waals surface area contributed by atoms with Crippen molar-refractivity contribution in [3.05, 3.63) is 54.3 Å². The standard InChI is InChI=1S/C21H25FN2O6S/c1-2-13-24(21(20(25)23-26)11-14-29-15-12-21)31(27,28)19-9-7-18(8-10-19)30-17-5-3-16(22)4-6-17/h3-10,26H,2,11-15H2,1H3,(H,23,25). The van der Waals surface area contributed by atoms with Crippen LogP contribution in [0, 0.1) is 5.82 Å². The van der Waals surface area contributed by atoms with Gasteiger partial charge >= 0.3 is 0 Å². The van der Waals surface area contributed by atoms with Gasteiger partial charge < -0.3 is 9.47 Å². The number of nitrogens with zero attached hydrogens (tertiary/aromatic N) is 1. The zero-order valence-electron chi connectivity index (χ0n) is 17.1. The van der Waals surface area contributed by atoms with Crippen LogP contribution in [0.4, 0.5) is 4.39 Å². The van der Waals surface area contributed by atoms with Crippen molar-refractivity contribution in [3.8, 4) is 11.5 Å². The van der Waals surface area contributed by atoms with Crippen LogP contribution in [0.2, 0.25) is 0 Å². The van der Waals surface area contributed by atoms with E-state index in [1.54, 1.807) is 5.48 Å². The number of rotatable bonds is 8. The van der Waals surface area contributed by atoms with Gasteiger partial charge in [0, 0.05) is 19.8 Å². The molecular formula is C21H25FN2O6S. The molecule has 0 bridgehead atoms. The minimum atomic E-state index is -4.07. The third-order valence-corrected chi connectivity index (χ3v) is 7.19. The second-order valence-electron chi connectivity index (χ2n) is 7.19. The Labute approximate surface area is 180 Å². The third kappa shape index (κ3) is 4.87. The maximum atomic E-state index is 13.5. The number of benzene rings is 2. The summed E-state index contributed by atoms with van der Waals surface area (Å²) in [6.07, 6.45) is 0.737. The fourth-order valence-electron chi connectivity index (χ4n) is 3.62. The molecule has 1 saturated heterocycles. The molecule has 8 nitrogen and oxygen atoms in total. The van der Waals surface area contributed by atoms with Gasteiger partial charge in [-0.05, 0) is 67.8 Å². The van der Waals surface area contributed by atoms with Gasteiger partial charge in [-0.3, -0.25) is 10.0 Å². The normalized spacial score (nSPS) is 16.1. The maximum Gasteiger partial charge on any atom is 0.265 e. The fraction of sp³-hybridized carbons (Fsp3) is 0.381. The molecule has 31 heavy (non-hydrogen) atoms. The number of hydrogen-bond donors (Lipinski definition) is 2. The first kappa shape index (κ1) is 23.1. The fourth-order valence-corrected chi connectivity index (χ4v) is 5.50. The van der Waals surface area contributed by atoms with E-state index in [4.69, 9.17) is 9.47 Å². The van der Waals surface area contributed by atoms with Crippen LogP contribution in [0.15, 0.2) is 53.4 Å². The highest BCUT2D eigenvalue weighted by Crippen LogP contribution is 2.34. The largest absolute Gasteiger partial charge is 0.457 e. The van der Waals surface area contributed by atoms with E-state index in [9.17, 15) is 22.8 Å². The molecule has 0 spiro atoms. The lowest BCUT2D eigenvalue weighted by atomic mass is 9.89. The highest BCUT2D eigenvalue weighted by molar-refractivity contribution is 7.89. The first-order valence-electron chi connectivity index (χ1n) is 9.92. The summed E-state index contributed by atoms with van der Waals surface area (Å²) in [7, 11) is -4.07. The molecule has 1 fully saturated rings. The summed E-state index contributed by atoms with van der Waals surface area (Å²) < 4.78 is 52.1. The lowest BCUT2D eigenvalue weighted by Gasteiger charge is -2.43. The van der Waals surface area contributed by atoms with Gasteiger partial charge in [0.2, 0.25) is 10.0 Å². The average Bonchev–Trinajstić information content (AvgIpc) is 2.79. The summed E-state index contributed by atoms with van der Waals surface area (Å²) in [5.41, 5.74) is 0.192. The van der Waals surface area contributed by atoms with Gasteiger partial charge in [-0.25, -0.2) is 18.3 Å². The van der Waals surface area contributed by atoms with Crippen LogP contribution < -0.4 is 10.2 Å². The van der Waals surface area contributed by atoms with Crippen LogP contribution in [0.1, 0.15) is 26.2 Å². The summed E-state index contributed by atoms with van der Waals surface area (Å²) in [6, 6.07) is 11.2. The molecule has 1 aliphatic rings. The topological polar surface area (TPSA) is 105 Å². The van der Waals surface area contributed by atoms with E-state index in [0.717, 1.165) is 4.31 Å². The Hall–Kier alpha value is -2.53. The first-order chi connectivity index (χ1) is 14.8. The van der Waals surface area contributed by atoms with Crippen molar-refractivity contribution in [1.82, 2.24) is 9.79 Å². The SMILES string of the molecule is CCCN(C1(C(=O)NO)CCOCC1)S(=O)(=O)c1ccc(Oc2ccc(F)cc2)cc1. The number of halogens is 1. The zero-order valence-corrected chi connectivity index (χ0v) is 17.9. The van der Waals surface area contributed by atoms with Gasteiger partial charge in [0.25, 0.3) is 5.91 Å². The molecule has 0 radical (unpaired) electrons. The number of carbonyl (C=O) groups is 1. The van der Waals surface area contributed by atoms with Crippen LogP contribution in [0.5, 0.6) is 11.5 Å². The Morgan fingerprint density at radius 3 is 2.19 bits per heavy atom. The number of hydroxylamine groups is 1. The quantitative estimate of drug-likeness (QED) is 0.471. The highest BCUT2D eigenvalue weighted by atomic mass is 32.2. The molecule has 2 aromatic rings. The van der Waals surface area contributed by atoms with Crippen LogP contribution in [0.25, 0.3) is 0 Å². The van der Waals surface area contributed by atoms with Crippen molar-refractivity contribution >= 4 is 15.9 Å². The van der Waals surface area contributed by atoms with Crippen LogP contribution >= 0.6 is 0 Å². The molecule has 2 aromatic carbocycles. The maximum absolute atomic E-state index is 13.5. The van der Waals surface area contributed by atoms with E-state index in [2.05, 4.69) is 0 Å². The van der Waals surface area contributed by atoms with Crippen molar-refractivity contribution in [2.45, 2.75) is 36.6 Å². The summed E-state index contributed by atoms with van der Waals surface area (Å²) in [4.78, 5) is 12.6. The molecule has 0 saturated carbocycles. The minimum Gasteiger partial charge on any atom is -0.457 e. The van der Waals surface area contributed by atoms with E-state index in [0.29, 0.717) is 17.9 Å². The zero-order chi connectivity index (χ0) is 22.5. The van der Waals surface area contributed by atoms with E-state index in [1.165, 1.54) is 48.5 Å². The van der Waals surface area contributed by atoms with Crippen molar-refractivity contribution < 1.29 is 32.3 Å². The molecule has 1 aliphatic heterocycles. The van der Waals surface area contributed by atoms with Crippen LogP contribution in [0.3, 0.4) is 0 Å². The van der Waals surface area contributed by atoms with Gasteiger partial charge in [-0.2, -0.15) is 4.31 Å². The molecule has 0 aliphatic carbocycles. The van der Waals surface area contributed by atoms with E-state index in [1.807, 2.05) is 6.92 Å². The second kappa shape index (κ2) is 9.73. The van der Waals surface area contributed by atoms with E-state index in [-0.39, 0.29) is 37.5 Å². The summed E-state index contributed by atoms with van der Waals surface area (Å²) >= 11 is 0. The van der Waals surface area contributed by atoms with Gasteiger partial charge in [-0.15, -0.1) is 0 Å². The average molecular weight is 453 g/mol. The van der Waals surface area contributed by atoms with Crippen molar-refractivity contribution in [1.29, 1.82) is 0 Å². The van der Waals surface area contributed by atoms with Crippen molar-refractivity contribution in [2.24, 2.45) is 0 Å². The van der Waals surface area contributed by atoms with E-state index >= 15 is 0 Å². The van der Waals surface area contributed by atoms with Crippen molar-refractivity contribution in [2.75, 3.05) is 19.8 Å². The lowest BCUT2D eigenvalue weighted by molar-refractivity contribution is -0.145. The molecule has 168 valence electrons. The number of carbonyl (C=O) groups excluding carboxylic acids is 1. The molecule has 1 amide bonds. The third-order valence-electron chi connectivity index (χ3n) is 5.21. The van der Waals surface area contributed by atoms with Gasteiger partial charge in [0.05, 0.1) is 4.90 Å². The summed E-state index contributed by atoms with van der Waals surface area (Å²) in [6.45, 7) is 2.32. The first-order valence-corrected chi connectivity index (χ1v) is 11.4. The van der Waals surface area contributed by atoms with Gasteiger partial charge in [0.15, 0.2) is 0 Å². The smallest absolute Gasteiger partial charge is 0.265 e. The summed E-state index contributed by atoms with van der Waals surface area (Å²) in [5.74, 6) is -0.380. The highest BCUT2D eigenvalue weighted by Gasteiger charge is 2.50. The lowest BCUT2D eigenvalue weighted by Crippen LogP contribution is -2.62. The molecule has 1 heterocycles. The van der Waals surface area contributed by atoms with Crippen LogP contribution in [-0.4, -0.2) is 49.1 Å². The van der Waals surface area contributed by atoms with Gasteiger partial charge in [-0.1, -0.05) is 6.92 Å². The Morgan fingerprint density at radius 1 is 1.13 bits per heavy atom. The number of amides is 1. The Kier molecular flexibility index (Phi) is 7.26. The minimum absolute atomic E-state index is 0.0102. The predicted molar refractivity (Wildman–Crippen MR) is 110 cm³/mol. The molecular weight excluding hydrogens is 427 g/mol. The number of hydrogen-bond acceptors (Lipinski definition) is 6. The Balaban J connectivity index is 1.91. The van der Waals surface area contributed by atoms with Gasteiger partial charge in [0.1, 0.15) is 22.9 Å². The molecule has 3 rings (SSSR count). The molecule has 10 heteroatoms. The van der Waals surface area contributed by atoms with Crippen LogP contribution in [-0.2, 0) is 19.6 Å². The molecule has 2 N–H and O–H groups in total. The second-order valence-corrected chi connectivity index (χ2v) is 9.05. The Morgan fingerprint density at radius 2 is 1.68 bits per heavy atom. The predicted octanol–water partition coefficient (Wildman–Crippen LogP) is 3.07. The Bertz CT molecular complexity index is 990. The number of nitrogens with one attached hydrogen (secondary N) is 1. The molecule has 0 aromatic heterocycles.